The summed E-state index contributed by atoms with van der Waals surface area (Å²) in [7, 11) is -3.21. The van der Waals surface area contributed by atoms with Crippen LogP contribution >= 0.6 is 11.6 Å². The lowest BCUT2D eigenvalue weighted by Crippen LogP contribution is -2.44. The molecule has 0 heterocycles. The Morgan fingerprint density at radius 2 is 1.86 bits per heavy atom. The van der Waals surface area contributed by atoms with Crippen molar-refractivity contribution in [2.75, 3.05) is 30.0 Å². The largest absolute Gasteiger partial charge is 0.480 e. The van der Waals surface area contributed by atoms with Crippen molar-refractivity contribution in [2.24, 2.45) is 0 Å². The van der Waals surface area contributed by atoms with Crippen LogP contribution in [0.15, 0.2) is 24.3 Å². The van der Waals surface area contributed by atoms with Crippen LogP contribution in [0.2, 0.25) is 5.02 Å². The molecule has 0 fully saturated rings. The molecule has 0 aliphatic heterocycles. The molecule has 0 aromatic heterocycles. The number of amides is 2. The zero-order valence-corrected chi connectivity index (χ0v) is 12.8. The van der Waals surface area contributed by atoms with Crippen LogP contribution < -0.4 is 10.2 Å². The van der Waals surface area contributed by atoms with E-state index in [2.05, 4.69) is 5.32 Å². The molecule has 2 N–H and O–H groups in total. The van der Waals surface area contributed by atoms with E-state index in [4.69, 9.17) is 16.7 Å². The number of halogens is 1. The van der Waals surface area contributed by atoms with Crippen LogP contribution in [0.25, 0.3) is 0 Å². The number of hydrogen-bond acceptors (Lipinski definition) is 4. The van der Waals surface area contributed by atoms with E-state index >= 15 is 0 Å². The van der Waals surface area contributed by atoms with E-state index in [0.29, 0.717) is 10.7 Å². The lowest BCUT2D eigenvalue weighted by atomic mass is 10.3. The summed E-state index contributed by atoms with van der Waals surface area (Å²) in [5.41, 5.74) is 0.346. The maximum Gasteiger partial charge on any atom is 0.323 e. The summed E-state index contributed by atoms with van der Waals surface area (Å²) in [6, 6.07) is 5.36. The number of nitrogens with zero attached hydrogens (tertiary/aromatic N) is 1. The highest BCUT2D eigenvalue weighted by molar-refractivity contribution is 7.90. The smallest absolute Gasteiger partial charge is 0.323 e. The predicted molar refractivity (Wildman–Crippen MR) is 79.5 cm³/mol. The molecule has 0 atom stereocenters. The molecule has 7 nitrogen and oxygen atoms in total. The average molecular weight is 335 g/mol. The fourth-order valence-corrected chi connectivity index (χ4v) is 2.07. The first kappa shape index (κ1) is 17.3. The lowest BCUT2D eigenvalue weighted by molar-refractivity contribution is -0.135. The number of carbonyl (C=O) groups excluding carboxylic acids is 1. The monoisotopic (exact) mass is 334 g/mol. The molecule has 0 bridgehead atoms. The van der Waals surface area contributed by atoms with Gasteiger partial charge in [0.1, 0.15) is 16.4 Å². The van der Waals surface area contributed by atoms with Crippen LogP contribution in [-0.4, -0.2) is 50.6 Å². The molecule has 0 aliphatic rings. The molecule has 116 valence electrons. The highest BCUT2D eigenvalue weighted by atomic mass is 35.5. The third-order valence-electron chi connectivity index (χ3n) is 2.43. The van der Waals surface area contributed by atoms with Crippen LogP contribution in [0.4, 0.5) is 10.5 Å². The van der Waals surface area contributed by atoms with E-state index in [1.807, 2.05) is 0 Å². The fraction of sp³-hybridized carbons (Fsp3) is 0.333. The molecule has 0 aliphatic carbocycles. The van der Waals surface area contributed by atoms with Crippen molar-refractivity contribution >= 4 is 39.1 Å². The van der Waals surface area contributed by atoms with Gasteiger partial charge in [-0.3, -0.25) is 9.69 Å². The van der Waals surface area contributed by atoms with Gasteiger partial charge in [0.25, 0.3) is 0 Å². The van der Waals surface area contributed by atoms with Gasteiger partial charge >= 0.3 is 12.0 Å². The molecule has 1 rings (SSSR count). The Hall–Kier alpha value is -1.80. The molecular weight excluding hydrogens is 320 g/mol. The van der Waals surface area contributed by atoms with Gasteiger partial charge in [0.2, 0.25) is 0 Å². The van der Waals surface area contributed by atoms with E-state index in [0.717, 1.165) is 11.2 Å². The first-order valence-electron chi connectivity index (χ1n) is 5.89. The number of anilines is 1. The van der Waals surface area contributed by atoms with Crippen molar-refractivity contribution in [2.45, 2.75) is 0 Å². The number of aliphatic carboxylic acids is 1. The van der Waals surface area contributed by atoms with Gasteiger partial charge < -0.3 is 10.4 Å². The van der Waals surface area contributed by atoms with Crippen molar-refractivity contribution in [3.05, 3.63) is 29.3 Å². The quantitative estimate of drug-likeness (QED) is 0.807. The van der Waals surface area contributed by atoms with Gasteiger partial charge in [-0.1, -0.05) is 11.6 Å². The number of benzene rings is 1. The number of hydrogen-bond donors (Lipinski definition) is 2. The second-order valence-electron chi connectivity index (χ2n) is 4.32. The molecule has 1 aromatic rings. The van der Waals surface area contributed by atoms with Crippen LogP contribution in [-0.2, 0) is 14.6 Å². The molecule has 0 spiro atoms. The normalized spacial score (nSPS) is 11.0. The maximum atomic E-state index is 12.0. The number of urea groups is 1. The Kier molecular flexibility index (Phi) is 5.98. The van der Waals surface area contributed by atoms with E-state index in [9.17, 15) is 18.0 Å². The minimum absolute atomic E-state index is 0.0959. The Balaban J connectivity index is 2.79. The Labute approximate surface area is 127 Å². The highest BCUT2D eigenvalue weighted by Crippen LogP contribution is 2.18. The van der Waals surface area contributed by atoms with Gasteiger partial charge in [0.15, 0.2) is 0 Å². The zero-order chi connectivity index (χ0) is 16.0. The molecule has 1 aromatic carbocycles. The average Bonchev–Trinajstić information content (AvgIpc) is 2.35. The van der Waals surface area contributed by atoms with Crippen LogP contribution in [0.3, 0.4) is 0 Å². The summed E-state index contributed by atoms with van der Waals surface area (Å²) in [5, 5.41) is 11.7. The SMILES string of the molecule is CS(=O)(=O)CCNC(=O)N(CC(=O)O)c1ccc(Cl)cc1. The van der Waals surface area contributed by atoms with Gasteiger partial charge in [0, 0.05) is 23.5 Å². The summed E-state index contributed by atoms with van der Waals surface area (Å²) < 4.78 is 22.0. The molecule has 2 amide bonds. The van der Waals surface area contributed by atoms with Crippen molar-refractivity contribution in [3.8, 4) is 0 Å². The molecule has 21 heavy (non-hydrogen) atoms. The highest BCUT2D eigenvalue weighted by Gasteiger charge is 2.18. The minimum atomic E-state index is -3.21. The van der Waals surface area contributed by atoms with Crippen molar-refractivity contribution in [1.82, 2.24) is 5.32 Å². The summed E-state index contributed by atoms with van der Waals surface area (Å²) in [4.78, 5) is 23.8. The van der Waals surface area contributed by atoms with E-state index < -0.39 is 28.4 Å². The molecular formula is C12H15ClN2O5S. The van der Waals surface area contributed by atoms with E-state index in [1.54, 1.807) is 0 Å². The van der Waals surface area contributed by atoms with Crippen molar-refractivity contribution in [1.29, 1.82) is 0 Å². The maximum absolute atomic E-state index is 12.0. The van der Waals surface area contributed by atoms with Crippen molar-refractivity contribution in [3.63, 3.8) is 0 Å². The summed E-state index contributed by atoms with van der Waals surface area (Å²) in [6.45, 7) is -0.645. The number of nitrogens with one attached hydrogen (secondary N) is 1. The Morgan fingerprint density at radius 3 is 2.33 bits per heavy atom. The van der Waals surface area contributed by atoms with E-state index in [-0.39, 0.29) is 12.3 Å². The van der Waals surface area contributed by atoms with Crippen LogP contribution in [0.5, 0.6) is 0 Å². The van der Waals surface area contributed by atoms with Gasteiger partial charge in [-0.25, -0.2) is 13.2 Å². The topological polar surface area (TPSA) is 104 Å². The predicted octanol–water partition coefficient (Wildman–Crippen LogP) is 0.985. The third-order valence-corrected chi connectivity index (χ3v) is 3.62. The molecule has 0 unspecified atom stereocenters. The number of carboxylic acid groups (broad SMARTS) is 1. The third kappa shape index (κ3) is 6.46. The first-order valence-corrected chi connectivity index (χ1v) is 8.33. The second-order valence-corrected chi connectivity index (χ2v) is 7.01. The summed E-state index contributed by atoms with van der Waals surface area (Å²) in [6.07, 6.45) is 1.05. The minimum Gasteiger partial charge on any atom is -0.480 e. The summed E-state index contributed by atoms with van der Waals surface area (Å²) >= 11 is 5.73. The van der Waals surface area contributed by atoms with Gasteiger partial charge in [-0.05, 0) is 24.3 Å². The Bertz CT molecular complexity index is 615. The number of carbonyl (C=O) groups is 2. The van der Waals surface area contributed by atoms with E-state index in [1.165, 1.54) is 24.3 Å². The second kappa shape index (κ2) is 7.28. The number of sulfone groups is 1. The lowest BCUT2D eigenvalue weighted by Gasteiger charge is -2.21. The fourth-order valence-electron chi connectivity index (χ4n) is 1.48. The molecule has 0 saturated heterocycles. The first-order chi connectivity index (χ1) is 9.69. The molecule has 0 radical (unpaired) electrons. The van der Waals surface area contributed by atoms with Gasteiger partial charge in [-0.2, -0.15) is 0 Å². The zero-order valence-electron chi connectivity index (χ0n) is 11.2. The Morgan fingerprint density at radius 1 is 1.29 bits per heavy atom. The van der Waals surface area contributed by atoms with Gasteiger partial charge in [0.05, 0.1) is 5.75 Å². The van der Waals surface area contributed by atoms with Crippen molar-refractivity contribution < 1.29 is 23.1 Å². The standard InChI is InChI=1S/C12H15ClN2O5S/c1-21(19,20)7-6-14-12(18)15(8-11(16)17)10-4-2-9(13)3-5-10/h2-5H,6-8H2,1H3,(H,14,18)(H,16,17). The van der Waals surface area contributed by atoms with Crippen LogP contribution in [0, 0.1) is 0 Å². The molecule has 9 heteroatoms. The van der Waals surface area contributed by atoms with Crippen LogP contribution in [0.1, 0.15) is 0 Å². The molecule has 0 saturated carbocycles. The van der Waals surface area contributed by atoms with Gasteiger partial charge in [-0.15, -0.1) is 0 Å². The number of carboxylic acids is 1. The number of rotatable bonds is 6. The summed E-state index contributed by atoms with van der Waals surface area (Å²) in [5.74, 6) is -1.41.